The number of anilines is 1. The van der Waals surface area contributed by atoms with Gasteiger partial charge in [0.15, 0.2) is 0 Å². The Morgan fingerprint density at radius 1 is 1.32 bits per heavy atom. The van der Waals surface area contributed by atoms with E-state index in [4.69, 9.17) is 16.0 Å². The minimum absolute atomic E-state index is 0.0996. The number of benzene rings is 1. The predicted molar refractivity (Wildman–Crippen MR) is 75.5 cm³/mol. The zero-order valence-electron chi connectivity index (χ0n) is 10.8. The molecule has 0 bridgehead atoms. The number of halogens is 1. The van der Waals surface area contributed by atoms with E-state index in [0.29, 0.717) is 5.56 Å². The zero-order chi connectivity index (χ0) is 13.8. The molecule has 19 heavy (non-hydrogen) atoms. The predicted octanol–water partition coefficient (Wildman–Crippen LogP) is 3.25. The van der Waals surface area contributed by atoms with Crippen molar-refractivity contribution >= 4 is 23.2 Å². The van der Waals surface area contributed by atoms with Gasteiger partial charge in [-0.25, -0.2) is 0 Å². The van der Waals surface area contributed by atoms with Gasteiger partial charge < -0.3 is 14.6 Å². The maximum atomic E-state index is 12.1. The summed E-state index contributed by atoms with van der Waals surface area (Å²) in [4.78, 5) is 14.1. The second kappa shape index (κ2) is 5.91. The van der Waals surface area contributed by atoms with Crippen molar-refractivity contribution in [1.82, 2.24) is 4.90 Å². The van der Waals surface area contributed by atoms with Crippen LogP contribution >= 0.6 is 11.6 Å². The van der Waals surface area contributed by atoms with Crippen LogP contribution in [-0.4, -0.2) is 24.9 Å². The molecule has 1 N–H and O–H groups in total. The molecule has 1 amide bonds. The van der Waals surface area contributed by atoms with Gasteiger partial charge in [-0.15, -0.1) is 0 Å². The van der Waals surface area contributed by atoms with Crippen LogP contribution in [0.3, 0.4) is 0 Å². The van der Waals surface area contributed by atoms with Crippen molar-refractivity contribution in [2.45, 2.75) is 6.54 Å². The number of carbonyl (C=O) groups excluding carboxylic acids is 1. The van der Waals surface area contributed by atoms with Crippen LogP contribution in [0.5, 0.6) is 0 Å². The fourth-order valence-corrected chi connectivity index (χ4v) is 1.97. The summed E-state index contributed by atoms with van der Waals surface area (Å²) in [5.41, 5.74) is 2.15. The molecule has 0 fully saturated rings. The molecule has 0 radical (unpaired) electrons. The van der Waals surface area contributed by atoms with E-state index in [2.05, 4.69) is 5.32 Å². The molecule has 0 aliphatic rings. The van der Waals surface area contributed by atoms with Gasteiger partial charge in [0.25, 0.3) is 5.91 Å². The van der Waals surface area contributed by atoms with Crippen LogP contribution in [0.2, 0.25) is 5.22 Å². The molecule has 1 aromatic heterocycles. The third-order valence-corrected chi connectivity index (χ3v) is 2.91. The number of para-hydroxylation sites is 1. The number of nitrogens with one attached hydrogen (secondary N) is 1. The average molecular weight is 279 g/mol. The number of hydrogen-bond donors (Lipinski definition) is 1. The molecular weight excluding hydrogens is 264 g/mol. The van der Waals surface area contributed by atoms with Crippen LogP contribution in [0.4, 0.5) is 5.69 Å². The summed E-state index contributed by atoms with van der Waals surface area (Å²) in [5, 5.41) is 2.95. The van der Waals surface area contributed by atoms with Gasteiger partial charge in [-0.3, -0.25) is 4.79 Å². The van der Waals surface area contributed by atoms with E-state index in [1.165, 1.54) is 6.26 Å². The smallest absolute Gasteiger partial charge is 0.260 e. The van der Waals surface area contributed by atoms with E-state index in [9.17, 15) is 4.79 Å². The zero-order valence-corrected chi connectivity index (χ0v) is 11.6. The van der Waals surface area contributed by atoms with Gasteiger partial charge in [0.2, 0.25) is 5.22 Å². The Hall–Kier alpha value is -1.78. The van der Waals surface area contributed by atoms with Crippen LogP contribution < -0.4 is 5.32 Å². The third kappa shape index (κ3) is 3.36. The van der Waals surface area contributed by atoms with E-state index in [0.717, 1.165) is 17.8 Å². The first-order valence-corrected chi connectivity index (χ1v) is 6.22. The number of carbonyl (C=O) groups is 1. The first kappa shape index (κ1) is 13.6. The number of furan rings is 1. The molecule has 2 rings (SSSR count). The Bertz CT molecular complexity index is 578. The highest BCUT2D eigenvalue weighted by molar-refractivity contribution is 6.32. The van der Waals surface area contributed by atoms with Crippen molar-refractivity contribution < 1.29 is 9.21 Å². The van der Waals surface area contributed by atoms with E-state index < -0.39 is 0 Å². The summed E-state index contributed by atoms with van der Waals surface area (Å²) in [6, 6.07) is 9.22. The Balaban J connectivity index is 2.19. The Morgan fingerprint density at radius 2 is 2.05 bits per heavy atom. The lowest BCUT2D eigenvalue weighted by Crippen LogP contribution is -2.16. The first-order chi connectivity index (χ1) is 9.08. The van der Waals surface area contributed by atoms with Crippen LogP contribution in [0, 0.1) is 0 Å². The second-order valence-electron chi connectivity index (χ2n) is 4.46. The Morgan fingerprint density at radius 3 is 2.68 bits per heavy atom. The van der Waals surface area contributed by atoms with Crippen molar-refractivity contribution in [3.8, 4) is 0 Å². The molecular formula is C14H15ClN2O2. The SMILES string of the molecule is CN(C)Cc1ccccc1NC(=O)c1ccoc1Cl. The molecule has 0 aliphatic heterocycles. The fourth-order valence-electron chi connectivity index (χ4n) is 1.77. The van der Waals surface area contributed by atoms with Crippen molar-refractivity contribution in [1.29, 1.82) is 0 Å². The lowest BCUT2D eigenvalue weighted by atomic mass is 10.1. The van der Waals surface area contributed by atoms with E-state index in [1.54, 1.807) is 6.07 Å². The van der Waals surface area contributed by atoms with E-state index in [-0.39, 0.29) is 11.1 Å². The van der Waals surface area contributed by atoms with Crippen LogP contribution in [0.15, 0.2) is 41.0 Å². The maximum absolute atomic E-state index is 12.1. The van der Waals surface area contributed by atoms with Gasteiger partial charge in [-0.1, -0.05) is 18.2 Å². The minimum atomic E-state index is -0.273. The summed E-state index contributed by atoms with van der Waals surface area (Å²) in [7, 11) is 3.96. The number of hydrogen-bond acceptors (Lipinski definition) is 3. The number of amides is 1. The van der Waals surface area contributed by atoms with Crippen LogP contribution in [-0.2, 0) is 6.54 Å². The Labute approximate surface area is 117 Å². The van der Waals surface area contributed by atoms with Gasteiger partial charge in [-0.05, 0) is 43.4 Å². The highest BCUT2D eigenvalue weighted by atomic mass is 35.5. The van der Waals surface area contributed by atoms with Gasteiger partial charge in [-0.2, -0.15) is 0 Å². The first-order valence-electron chi connectivity index (χ1n) is 5.85. The standard InChI is InChI=1S/C14H15ClN2O2/c1-17(2)9-10-5-3-4-6-12(10)16-14(18)11-7-8-19-13(11)15/h3-8H,9H2,1-2H3,(H,16,18). The highest BCUT2D eigenvalue weighted by Crippen LogP contribution is 2.21. The molecule has 100 valence electrons. The number of rotatable bonds is 4. The van der Waals surface area contributed by atoms with E-state index >= 15 is 0 Å². The second-order valence-corrected chi connectivity index (χ2v) is 4.80. The molecule has 1 heterocycles. The lowest BCUT2D eigenvalue weighted by molar-refractivity contribution is 0.102. The third-order valence-electron chi connectivity index (χ3n) is 2.61. The molecule has 2 aromatic rings. The van der Waals surface area contributed by atoms with Crippen LogP contribution in [0.25, 0.3) is 0 Å². The molecule has 0 unspecified atom stereocenters. The fraction of sp³-hybridized carbons (Fsp3) is 0.214. The summed E-state index contributed by atoms with van der Waals surface area (Å²) in [5.74, 6) is -0.273. The largest absolute Gasteiger partial charge is 0.452 e. The number of nitrogens with zero attached hydrogens (tertiary/aromatic N) is 1. The molecule has 4 nitrogen and oxygen atoms in total. The molecule has 0 saturated carbocycles. The van der Waals surface area contributed by atoms with Gasteiger partial charge in [0.05, 0.1) is 11.8 Å². The topological polar surface area (TPSA) is 45.5 Å². The van der Waals surface area contributed by atoms with Gasteiger partial charge in [0, 0.05) is 12.2 Å². The molecule has 1 aromatic carbocycles. The molecule has 0 saturated heterocycles. The summed E-state index contributed by atoms with van der Waals surface area (Å²) < 4.78 is 4.91. The quantitative estimate of drug-likeness (QED) is 0.934. The lowest BCUT2D eigenvalue weighted by Gasteiger charge is -2.14. The molecule has 0 spiro atoms. The molecule has 0 aliphatic carbocycles. The minimum Gasteiger partial charge on any atom is -0.452 e. The Kier molecular flexibility index (Phi) is 4.24. The average Bonchev–Trinajstić information content (AvgIpc) is 2.77. The molecule has 5 heteroatoms. The summed E-state index contributed by atoms with van der Waals surface area (Å²) >= 11 is 5.79. The maximum Gasteiger partial charge on any atom is 0.260 e. The summed E-state index contributed by atoms with van der Waals surface area (Å²) in [6.07, 6.45) is 1.39. The van der Waals surface area contributed by atoms with Crippen molar-refractivity contribution in [3.05, 3.63) is 52.9 Å². The molecule has 0 atom stereocenters. The van der Waals surface area contributed by atoms with Crippen molar-refractivity contribution in [3.63, 3.8) is 0 Å². The summed E-state index contributed by atoms with van der Waals surface area (Å²) in [6.45, 7) is 0.746. The van der Waals surface area contributed by atoms with Gasteiger partial charge in [0.1, 0.15) is 0 Å². The van der Waals surface area contributed by atoms with Crippen molar-refractivity contribution in [2.24, 2.45) is 0 Å². The van der Waals surface area contributed by atoms with Crippen molar-refractivity contribution in [2.75, 3.05) is 19.4 Å². The van der Waals surface area contributed by atoms with Crippen LogP contribution in [0.1, 0.15) is 15.9 Å². The van der Waals surface area contributed by atoms with E-state index in [1.807, 2.05) is 43.3 Å². The normalized spacial score (nSPS) is 10.7. The van der Waals surface area contributed by atoms with Gasteiger partial charge >= 0.3 is 0 Å². The monoisotopic (exact) mass is 278 g/mol. The highest BCUT2D eigenvalue weighted by Gasteiger charge is 2.14.